The van der Waals surface area contributed by atoms with Crippen molar-refractivity contribution in [2.75, 3.05) is 0 Å². The molecule has 1 heterocycles. The summed E-state index contributed by atoms with van der Waals surface area (Å²) in [6, 6.07) is 10.7. The molecule has 0 unspecified atom stereocenters. The zero-order valence-electron chi connectivity index (χ0n) is 8.58. The molecule has 1 aromatic heterocycles. The summed E-state index contributed by atoms with van der Waals surface area (Å²) in [6.45, 7) is 1.94. The van der Waals surface area contributed by atoms with E-state index in [1.165, 1.54) is 0 Å². The minimum Gasteiger partial charge on any atom is -0.439 e. The molecule has 0 amide bonds. The van der Waals surface area contributed by atoms with E-state index in [1.54, 1.807) is 24.3 Å². The van der Waals surface area contributed by atoms with E-state index in [4.69, 9.17) is 27.9 Å². The van der Waals surface area contributed by atoms with E-state index in [0.29, 0.717) is 21.8 Å². The first-order valence-electron chi connectivity index (χ1n) is 4.72. The van der Waals surface area contributed by atoms with Crippen molar-refractivity contribution in [1.29, 1.82) is 0 Å². The first-order valence-corrected chi connectivity index (χ1v) is 5.47. The average molecular weight is 254 g/mol. The molecule has 2 rings (SSSR count). The highest BCUT2D eigenvalue weighted by Gasteiger charge is 2.03. The van der Waals surface area contributed by atoms with Gasteiger partial charge in [0.05, 0.1) is 0 Å². The molecule has 0 bridgehead atoms. The van der Waals surface area contributed by atoms with Crippen LogP contribution in [0.3, 0.4) is 0 Å². The maximum Gasteiger partial charge on any atom is 0.220 e. The van der Waals surface area contributed by atoms with Crippen LogP contribution >= 0.6 is 23.2 Å². The van der Waals surface area contributed by atoms with Gasteiger partial charge in [0.15, 0.2) is 0 Å². The summed E-state index contributed by atoms with van der Waals surface area (Å²) in [5, 5.41) is 1.03. The molecule has 0 N–H and O–H groups in total. The van der Waals surface area contributed by atoms with E-state index >= 15 is 0 Å². The highest BCUT2D eigenvalue weighted by atomic mass is 35.5. The Morgan fingerprint density at radius 3 is 2.69 bits per heavy atom. The van der Waals surface area contributed by atoms with Gasteiger partial charge in [0.25, 0.3) is 0 Å². The van der Waals surface area contributed by atoms with Crippen molar-refractivity contribution in [2.24, 2.45) is 0 Å². The van der Waals surface area contributed by atoms with Gasteiger partial charge in [-0.25, -0.2) is 4.98 Å². The quantitative estimate of drug-likeness (QED) is 0.736. The number of nitrogens with zero attached hydrogens (tertiary/aromatic N) is 1. The van der Waals surface area contributed by atoms with E-state index in [2.05, 4.69) is 4.98 Å². The number of aryl methyl sites for hydroxylation is 1. The highest BCUT2D eigenvalue weighted by molar-refractivity contribution is 6.30. The number of aromatic nitrogens is 1. The Morgan fingerprint density at radius 1 is 1.12 bits per heavy atom. The second-order valence-corrected chi connectivity index (χ2v) is 4.13. The van der Waals surface area contributed by atoms with Crippen LogP contribution in [-0.2, 0) is 0 Å². The van der Waals surface area contributed by atoms with Gasteiger partial charge in [-0.05, 0) is 30.7 Å². The second kappa shape index (κ2) is 4.73. The fourth-order valence-electron chi connectivity index (χ4n) is 1.24. The lowest BCUT2D eigenvalue weighted by Gasteiger charge is -2.07. The lowest BCUT2D eigenvalue weighted by Crippen LogP contribution is -1.90. The molecule has 4 heteroatoms. The smallest absolute Gasteiger partial charge is 0.220 e. The maximum atomic E-state index is 5.89. The Balaban J connectivity index is 2.30. The minimum atomic E-state index is 0.400. The van der Waals surface area contributed by atoms with Crippen molar-refractivity contribution in [2.45, 2.75) is 6.92 Å². The Morgan fingerprint density at radius 2 is 1.94 bits per heavy atom. The SMILES string of the molecule is Cc1ccc(Cl)cc1Oc1cccc(Cl)n1. The van der Waals surface area contributed by atoms with Crippen LogP contribution in [0, 0.1) is 6.92 Å². The Bertz CT molecular complexity index is 514. The number of hydrogen-bond acceptors (Lipinski definition) is 2. The third-order valence-electron chi connectivity index (χ3n) is 2.05. The number of ether oxygens (including phenoxy) is 1. The van der Waals surface area contributed by atoms with Crippen LogP contribution in [0.25, 0.3) is 0 Å². The number of rotatable bonds is 2. The van der Waals surface area contributed by atoms with Crippen molar-refractivity contribution >= 4 is 23.2 Å². The summed E-state index contributed by atoms with van der Waals surface area (Å²) in [5.41, 5.74) is 0.992. The second-order valence-electron chi connectivity index (χ2n) is 3.31. The van der Waals surface area contributed by atoms with Gasteiger partial charge in [0.2, 0.25) is 5.88 Å². The Kier molecular flexibility index (Phi) is 3.32. The largest absolute Gasteiger partial charge is 0.439 e. The van der Waals surface area contributed by atoms with Gasteiger partial charge in [-0.15, -0.1) is 0 Å². The molecule has 16 heavy (non-hydrogen) atoms. The van der Waals surface area contributed by atoms with Crippen molar-refractivity contribution in [3.8, 4) is 11.6 Å². The standard InChI is InChI=1S/C12H9Cl2NO/c1-8-5-6-9(13)7-10(8)16-12-4-2-3-11(14)15-12/h2-7H,1H3. The number of benzene rings is 1. The number of hydrogen-bond donors (Lipinski definition) is 0. The van der Waals surface area contributed by atoms with Crippen LogP contribution in [0.1, 0.15) is 5.56 Å². The monoisotopic (exact) mass is 253 g/mol. The molecule has 0 saturated carbocycles. The Hall–Kier alpha value is -1.25. The zero-order valence-corrected chi connectivity index (χ0v) is 10.1. The molecule has 2 aromatic rings. The maximum absolute atomic E-state index is 5.89. The first kappa shape index (κ1) is 11.2. The summed E-state index contributed by atoms with van der Waals surface area (Å²) in [4.78, 5) is 4.04. The van der Waals surface area contributed by atoms with Gasteiger partial charge in [0, 0.05) is 11.1 Å². The van der Waals surface area contributed by atoms with Crippen LogP contribution in [0.5, 0.6) is 11.6 Å². The van der Waals surface area contributed by atoms with Crippen molar-refractivity contribution < 1.29 is 4.74 Å². The molecule has 0 aliphatic heterocycles. The highest BCUT2D eigenvalue weighted by Crippen LogP contribution is 2.27. The van der Waals surface area contributed by atoms with Gasteiger partial charge in [-0.3, -0.25) is 0 Å². The van der Waals surface area contributed by atoms with Gasteiger partial charge in [0.1, 0.15) is 10.9 Å². The van der Waals surface area contributed by atoms with Crippen LogP contribution < -0.4 is 4.74 Å². The molecule has 0 spiro atoms. The predicted molar refractivity (Wildman–Crippen MR) is 65.5 cm³/mol. The third kappa shape index (κ3) is 2.65. The summed E-state index contributed by atoms with van der Waals surface area (Å²) < 4.78 is 5.59. The van der Waals surface area contributed by atoms with Gasteiger partial charge >= 0.3 is 0 Å². The summed E-state index contributed by atoms with van der Waals surface area (Å²) in [5.74, 6) is 1.14. The van der Waals surface area contributed by atoms with Crippen molar-refractivity contribution in [3.05, 3.63) is 52.1 Å². The molecule has 0 aliphatic carbocycles. The van der Waals surface area contributed by atoms with Crippen LogP contribution in [0.4, 0.5) is 0 Å². The Labute approximate surface area is 104 Å². The van der Waals surface area contributed by atoms with Crippen LogP contribution in [0.2, 0.25) is 10.2 Å². The number of pyridine rings is 1. The predicted octanol–water partition coefficient (Wildman–Crippen LogP) is 4.49. The van der Waals surface area contributed by atoms with Gasteiger partial charge in [-0.2, -0.15) is 0 Å². The van der Waals surface area contributed by atoms with E-state index in [-0.39, 0.29) is 0 Å². The van der Waals surface area contributed by atoms with E-state index in [0.717, 1.165) is 5.56 Å². The molecule has 0 fully saturated rings. The minimum absolute atomic E-state index is 0.400. The van der Waals surface area contributed by atoms with Crippen LogP contribution in [-0.4, -0.2) is 4.98 Å². The normalized spacial score (nSPS) is 10.2. The molecule has 82 valence electrons. The third-order valence-corrected chi connectivity index (χ3v) is 2.50. The fourth-order valence-corrected chi connectivity index (χ4v) is 1.56. The molecule has 0 aliphatic rings. The van der Waals surface area contributed by atoms with Gasteiger partial charge in [-0.1, -0.05) is 35.3 Å². The lowest BCUT2D eigenvalue weighted by atomic mass is 10.2. The van der Waals surface area contributed by atoms with E-state index in [1.807, 2.05) is 19.1 Å². The molecular weight excluding hydrogens is 245 g/mol. The van der Waals surface area contributed by atoms with E-state index < -0.39 is 0 Å². The molecule has 0 saturated heterocycles. The zero-order chi connectivity index (χ0) is 11.5. The summed E-state index contributed by atoms with van der Waals surface area (Å²) >= 11 is 11.7. The molecule has 0 radical (unpaired) electrons. The molecular formula is C12H9Cl2NO. The summed E-state index contributed by atoms with van der Waals surface area (Å²) in [7, 11) is 0. The number of halogens is 2. The average Bonchev–Trinajstić information content (AvgIpc) is 2.24. The first-order chi connectivity index (χ1) is 7.65. The lowest BCUT2D eigenvalue weighted by molar-refractivity contribution is 0.459. The molecule has 2 nitrogen and oxygen atoms in total. The molecule has 1 aromatic carbocycles. The topological polar surface area (TPSA) is 22.1 Å². The molecule has 0 atom stereocenters. The summed E-state index contributed by atoms with van der Waals surface area (Å²) in [6.07, 6.45) is 0. The fraction of sp³-hybridized carbons (Fsp3) is 0.0833. The van der Waals surface area contributed by atoms with Gasteiger partial charge < -0.3 is 4.74 Å². The van der Waals surface area contributed by atoms with E-state index in [9.17, 15) is 0 Å². The van der Waals surface area contributed by atoms with Crippen LogP contribution in [0.15, 0.2) is 36.4 Å². The van der Waals surface area contributed by atoms with Crippen molar-refractivity contribution in [1.82, 2.24) is 4.98 Å². The van der Waals surface area contributed by atoms with Crippen molar-refractivity contribution in [3.63, 3.8) is 0 Å².